The van der Waals surface area contributed by atoms with E-state index in [0.717, 1.165) is 15.9 Å². The van der Waals surface area contributed by atoms with Gasteiger partial charge in [0.15, 0.2) is 16.1 Å². The molecule has 2 heterocycles. The van der Waals surface area contributed by atoms with Crippen molar-refractivity contribution < 1.29 is 4.74 Å². The summed E-state index contributed by atoms with van der Waals surface area (Å²) in [7, 11) is 1.57. The second-order valence-corrected chi connectivity index (χ2v) is 6.55. The summed E-state index contributed by atoms with van der Waals surface area (Å²) in [6.07, 6.45) is 3.46. The number of benzene rings is 1. The Labute approximate surface area is 152 Å². The maximum absolute atomic E-state index is 5.13. The Kier molecular flexibility index (Phi) is 5.27. The second-order valence-electron chi connectivity index (χ2n) is 4.70. The normalized spacial score (nSPS) is 10.6. The molecule has 0 aliphatic carbocycles. The molecule has 0 saturated heterocycles. The summed E-state index contributed by atoms with van der Waals surface area (Å²) in [4.78, 5) is 8.53. The summed E-state index contributed by atoms with van der Waals surface area (Å²) in [5.74, 6) is 1.28. The van der Waals surface area contributed by atoms with Gasteiger partial charge < -0.3 is 4.74 Å². The molecule has 2 aromatic heterocycles. The van der Waals surface area contributed by atoms with E-state index in [4.69, 9.17) is 4.74 Å². The van der Waals surface area contributed by atoms with E-state index in [1.165, 1.54) is 11.8 Å². The van der Waals surface area contributed by atoms with E-state index in [1.54, 1.807) is 19.4 Å². The van der Waals surface area contributed by atoms with Crippen molar-refractivity contribution in [2.24, 2.45) is 0 Å². The SMILES string of the molecule is C=CCn1c(Sc2nccc(OC)n2)nnc1-c1ccc(Br)cc1. The number of rotatable bonds is 6. The van der Waals surface area contributed by atoms with Crippen LogP contribution in [0.15, 0.2) is 64.0 Å². The summed E-state index contributed by atoms with van der Waals surface area (Å²) >= 11 is 4.77. The fourth-order valence-electron chi connectivity index (χ4n) is 2.04. The molecule has 0 unspecified atom stereocenters. The van der Waals surface area contributed by atoms with Crippen LogP contribution in [0, 0.1) is 0 Å². The lowest BCUT2D eigenvalue weighted by Crippen LogP contribution is -2.01. The first-order valence-corrected chi connectivity index (χ1v) is 8.67. The fraction of sp³-hybridized carbons (Fsp3) is 0.125. The lowest BCUT2D eigenvalue weighted by molar-refractivity contribution is 0.392. The van der Waals surface area contributed by atoms with Crippen molar-refractivity contribution in [1.29, 1.82) is 0 Å². The largest absolute Gasteiger partial charge is 0.481 e. The van der Waals surface area contributed by atoms with Crippen molar-refractivity contribution in [1.82, 2.24) is 24.7 Å². The lowest BCUT2D eigenvalue weighted by Gasteiger charge is -2.07. The van der Waals surface area contributed by atoms with Crippen LogP contribution in [0.2, 0.25) is 0 Å². The molecular weight excluding hydrogens is 390 g/mol. The van der Waals surface area contributed by atoms with E-state index < -0.39 is 0 Å². The zero-order valence-electron chi connectivity index (χ0n) is 12.9. The molecule has 3 rings (SSSR count). The van der Waals surface area contributed by atoms with E-state index in [0.29, 0.717) is 22.7 Å². The Hall–Kier alpha value is -2.19. The Bertz CT molecular complexity index is 850. The van der Waals surface area contributed by atoms with Gasteiger partial charge in [-0.25, -0.2) is 4.98 Å². The molecule has 0 atom stereocenters. The number of allylic oxidation sites excluding steroid dienone is 1. The predicted molar refractivity (Wildman–Crippen MR) is 96.1 cm³/mol. The molecule has 0 saturated carbocycles. The monoisotopic (exact) mass is 403 g/mol. The van der Waals surface area contributed by atoms with Crippen molar-refractivity contribution in [2.45, 2.75) is 16.9 Å². The van der Waals surface area contributed by atoms with Crippen LogP contribution in [0.3, 0.4) is 0 Å². The first kappa shape index (κ1) is 16.7. The molecule has 0 N–H and O–H groups in total. The maximum atomic E-state index is 5.13. The van der Waals surface area contributed by atoms with Gasteiger partial charge in [-0.15, -0.1) is 16.8 Å². The van der Waals surface area contributed by atoms with Crippen LogP contribution in [0.25, 0.3) is 11.4 Å². The van der Waals surface area contributed by atoms with Gasteiger partial charge in [-0.3, -0.25) is 4.57 Å². The van der Waals surface area contributed by atoms with Crippen molar-refractivity contribution in [3.63, 3.8) is 0 Å². The molecule has 0 aliphatic rings. The molecule has 122 valence electrons. The van der Waals surface area contributed by atoms with Gasteiger partial charge in [0.1, 0.15) is 0 Å². The van der Waals surface area contributed by atoms with E-state index >= 15 is 0 Å². The van der Waals surface area contributed by atoms with E-state index in [2.05, 4.69) is 42.7 Å². The molecule has 0 radical (unpaired) electrons. The molecule has 24 heavy (non-hydrogen) atoms. The minimum atomic E-state index is 0.510. The van der Waals surface area contributed by atoms with Gasteiger partial charge >= 0.3 is 0 Å². The highest BCUT2D eigenvalue weighted by molar-refractivity contribution is 9.10. The summed E-state index contributed by atoms with van der Waals surface area (Å²) in [5.41, 5.74) is 0.978. The Morgan fingerprint density at radius 3 is 2.75 bits per heavy atom. The minimum absolute atomic E-state index is 0.510. The van der Waals surface area contributed by atoms with Crippen LogP contribution in [0.4, 0.5) is 0 Å². The third-order valence-corrected chi connectivity index (χ3v) is 4.52. The van der Waals surface area contributed by atoms with Crippen molar-refractivity contribution in [3.05, 3.63) is 53.7 Å². The summed E-state index contributed by atoms with van der Waals surface area (Å²) in [6, 6.07) is 9.63. The third-order valence-electron chi connectivity index (χ3n) is 3.13. The quantitative estimate of drug-likeness (QED) is 0.460. The predicted octanol–water partition coefficient (Wildman–Crippen LogP) is 3.84. The third kappa shape index (κ3) is 3.65. The molecule has 0 amide bonds. The molecule has 1 aromatic carbocycles. The number of methoxy groups -OCH3 is 1. The number of aromatic nitrogens is 5. The van der Waals surface area contributed by atoms with Crippen LogP contribution in [-0.4, -0.2) is 31.8 Å². The van der Waals surface area contributed by atoms with Crippen molar-refractivity contribution in [2.75, 3.05) is 7.11 Å². The Morgan fingerprint density at radius 1 is 1.25 bits per heavy atom. The maximum Gasteiger partial charge on any atom is 0.217 e. The zero-order valence-corrected chi connectivity index (χ0v) is 15.3. The second kappa shape index (κ2) is 7.59. The van der Waals surface area contributed by atoms with Crippen LogP contribution < -0.4 is 4.74 Å². The van der Waals surface area contributed by atoms with Gasteiger partial charge in [-0.05, 0) is 23.9 Å². The average Bonchev–Trinajstić information content (AvgIpc) is 2.99. The average molecular weight is 404 g/mol. The number of nitrogens with zero attached hydrogens (tertiary/aromatic N) is 5. The Balaban J connectivity index is 1.96. The molecule has 0 aliphatic heterocycles. The van der Waals surface area contributed by atoms with Crippen molar-refractivity contribution in [3.8, 4) is 17.3 Å². The number of halogens is 1. The Morgan fingerprint density at radius 2 is 2.04 bits per heavy atom. The minimum Gasteiger partial charge on any atom is -0.481 e. The molecule has 3 aromatic rings. The highest BCUT2D eigenvalue weighted by Crippen LogP contribution is 2.28. The highest BCUT2D eigenvalue weighted by Gasteiger charge is 2.15. The molecular formula is C16H14BrN5OS. The van der Waals surface area contributed by atoms with Gasteiger partial charge in [-0.2, -0.15) is 4.98 Å². The van der Waals surface area contributed by atoms with E-state index in [-0.39, 0.29) is 0 Å². The van der Waals surface area contributed by atoms with Gasteiger partial charge in [0, 0.05) is 28.8 Å². The van der Waals surface area contributed by atoms with Crippen LogP contribution in [-0.2, 0) is 6.54 Å². The molecule has 0 spiro atoms. The molecule has 0 fully saturated rings. The smallest absolute Gasteiger partial charge is 0.217 e. The first-order chi connectivity index (χ1) is 11.7. The molecule has 8 heteroatoms. The van der Waals surface area contributed by atoms with Gasteiger partial charge in [0.25, 0.3) is 0 Å². The standard InChI is InChI=1S/C16H14BrN5OS/c1-3-10-22-14(11-4-6-12(17)7-5-11)20-21-16(22)24-15-18-9-8-13(19-15)23-2/h3-9H,1,10H2,2H3. The van der Waals surface area contributed by atoms with E-state index in [9.17, 15) is 0 Å². The van der Waals surface area contributed by atoms with Crippen LogP contribution >= 0.6 is 27.7 Å². The van der Waals surface area contributed by atoms with E-state index in [1.807, 2.05) is 34.9 Å². The summed E-state index contributed by atoms with van der Waals surface area (Å²) in [5, 5.41) is 9.84. The van der Waals surface area contributed by atoms with Crippen LogP contribution in [0.5, 0.6) is 5.88 Å². The number of hydrogen-bond donors (Lipinski definition) is 0. The fourth-order valence-corrected chi connectivity index (χ4v) is 3.07. The lowest BCUT2D eigenvalue weighted by atomic mass is 10.2. The number of ether oxygens (including phenoxy) is 1. The summed E-state index contributed by atoms with van der Waals surface area (Å²) < 4.78 is 8.12. The molecule has 0 bridgehead atoms. The highest BCUT2D eigenvalue weighted by atomic mass is 79.9. The molecule has 6 nitrogen and oxygen atoms in total. The van der Waals surface area contributed by atoms with Gasteiger partial charge in [0.2, 0.25) is 5.88 Å². The van der Waals surface area contributed by atoms with Gasteiger partial charge in [-0.1, -0.05) is 34.1 Å². The topological polar surface area (TPSA) is 65.7 Å². The van der Waals surface area contributed by atoms with Crippen molar-refractivity contribution >= 4 is 27.7 Å². The number of hydrogen-bond acceptors (Lipinski definition) is 6. The first-order valence-electron chi connectivity index (χ1n) is 7.06. The van der Waals surface area contributed by atoms with Gasteiger partial charge in [0.05, 0.1) is 7.11 Å². The zero-order chi connectivity index (χ0) is 16.9. The van der Waals surface area contributed by atoms with Crippen LogP contribution in [0.1, 0.15) is 0 Å². The summed E-state index contributed by atoms with van der Waals surface area (Å²) in [6.45, 7) is 4.40.